The second kappa shape index (κ2) is 4.44. The summed E-state index contributed by atoms with van der Waals surface area (Å²) in [5, 5.41) is 0. The highest BCUT2D eigenvalue weighted by Gasteiger charge is 2.15. The van der Waals surface area contributed by atoms with Gasteiger partial charge in [-0.3, -0.25) is 0 Å². The van der Waals surface area contributed by atoms with Gasteiger partial charge in [-0.1, -0.05) is 0 Å². The zero-order chi connectivity index (χ0) is 8.93. The molecule has 13 heavy (non-hydrogen) atoms. The Hall–Kier alpha value is -0.800. The molecule has 0 saturated carbocycles. The lowest BCUT2D eigenvalue weighted by Crippen LogP contribution is -2.12. The van der Waals surface area contributed by atoms with Gasteiger partial charge in [-0.05, 0) is 24.5 Å². The Kier molecular flexibility index (Phi) is 3.00. The maximum atomic E-state index is 5.51. The molecule has 0 radical (unpaired) electrons. The molecule has 0 aliphatic carbocycles. The zero-order valence-corrected chi connectivity index (χ0v) is 7.57. The van der Waals surface area contributed by atoms with E-state index in [1.54, 1.807) is 12.5 Å². The fourth-order valence-electron chi connectivity index (χ4n) is 1.42. The molecule has 0 amide bonds. The van der Waals surface area contributed by atoms with Crippen molar-refractivity contribution in [2.45, 2.75) is 25.6 Å². The van der Waals surface area contributed by atoms with Crippen molar-refractivity contribution in [2.24, 2.45) is 0 Å². The molecule has 1 aliphatic rings. The first-order valence-electron chi connectivity index (χ1n) is 4.69. The Morgan fingerprint density at radius 1 is 1.54 bits per heavy atom. The van der Waals surface area contributed by atoms with Gasteiger partial charge < -0.3 is 13.9 Å². The van der Waals surface area contributed by atoms with Crippen LogP contribution in [-0.4, -0.2) is 19.5 Å². The Balaban J connectivity index is 1.63. The van der Waals surface area contributed by atoms with Crippen molar-refractivity contribution in [3.63, 3.8) is 0 Å². The average molecular weight is 182 g/mol. The molecule has 72 valence electrons. The van der Waals surface area contributed by atoms with Gasteiger partial charge in [0, 0.05) is 13.0 Å². The standard InChI is InChI=1S/C10H14O3/c1-2-10(12-5-1)13-7-4-9-3-6-11-8-9/h3,6,8,10H,1-2,4-5,7H2. The normalized spacial score (nSPS) is 22.3. The number of ether oxygens (including phenoxy) is 2. The molecule has 0 spiro atoms. The highest BCUT2D eigenvalue weighted by atomic mass is 16.7. The Morgan fingerprint density at radius 3 is 3.23 bits per heavy atom. The maximum absolute atomic E-state index is 5.51. The highest BCUT2D eigenvalue weighted by Crippen LogP contribution is 2.13. The minimum Gasteiger partial charge on any atom is -0.472 e. The van der Waals surface area contributed by atoms with E-state index >= 15 is 0 Å². The van der Waals surface area contributed by atoms with Crippen LogP contribution < -0.4 is 0 Å². The molecule has 1 atom stereocenters. The summed E-state index contributed by atoms with van der Waals surface area (Å²) in [7, 11) is 0. The van der Waals surface area contributed by atoms with E-state index in [1.165, 1.54) is 5.56 Å². The van der Waals surface area contributed by atoms with Crippen molar-refractivity contribution in [3.05, 3.63) is 24.2 Å². The molecule has 3 nitrogen and oxygen atoms in total. The number of hydrogen-bond acceptors (Lipinski definition) is 3. The molecule has 1 fully saturated rings. The summed E-state index contributed by atoms with van der Waals surface area (Å²) in [5.74, 6) is 0. The van der Waals surface area contributed by atoms with E-state index in [0.717, 1.165) is 25.9 Å². The van der Waals surface area contributed by atoms with E-state index in [1.807, 2.05) is 6.07 Å². The van der Waals surface area contributed by atoms with Gasteiger partial charge in [0.2, 0.25) is 0 Å². The molecule has 1 unspecified atom stereocenters. The topological polar surface area (TPSA) is 31.6 Å². The molecule has 3 heteroatoms. The summed E-state index contributed by atoms with van der Waals surface area (Å²) in [5.41, 5.74) is 1.18. The highest BCUT2D eigenvalue weighted by molar-refractivity contribution is 5.04. The first-order valence-corrected chi connectivity index (χ1v) is 4.69. The van der Waals surface area contributed by atoms with Crippen LogP contribution in [0.1, 0.15) is 18.4 Å². The van der Waals surface area contributed by atoms with Crippen LogP contribution in [0, 0.1) is 0 Å². The van der Waals surface area contributed by atoms with Crippen LogP contribution in [0.4, 0.5) is 0 Å². The van der Waals surface area contributed by atoms with Gasteiger partial charge in [-0.25, -0.2) is 0 Å². The third-order valence-corrected chi connectivity index (χ3v) is 2.16. The van der Waals surface area contributed by atoms with Crippen LogP contribution in [0.15, 0.2) is 23.0 Å². The summed E-state index contributed by atoms with van der Waals surface area (Å²) >= 11 is 0. The minimum atomic E-state index is 0.0342. The molecule has 1 aromatic rings. The third kappa shape index (κ3) is 2.57. The molecule has 1 aliphatic heterocycles. The van der Waals surface area contributed by atoms with Crippen LogP contribution in [0.5, 0.6) is 0 Å². The van der Waals surface area contributed by atoms with Gasteiger partial charge in [0.1, 0.15) is 0 Å². The van der Waals surface area contributed by atoms with E-state index in [0.29, 0.717) is 6.61 Å². The quantitative estimate of drug-likeness (QED) is 0.713. The molecular formula is C10H14O3. The predicted molar refractivity (Wildman–Crippen MR) is 47.3 cm³/mol. The van der Waals surface area contributed by atoms with Gasteiger partial charge >= 0.3 is 0 Å². The van der Waals surface area contributed by atoms with Gasteiger partial charge in [0.25, 0.3) is 0 Å². The van der Waals surface area contributed by atoms with Crippen LogP contribution in [0.3, 0.4) is 0 Å². The summed E-state index contributed by atoms with van der Waals surface area (Å²) in [6.07, 6.45) is 6.52. The largest absolute Gasteiger partial charge is 0.472 e. The molecular weight excluding hydrogens is 168 g/mol. The van der Waals surface area contributed by atoms with Gasteiger partial charge in [0.15, 0.2) is 6.29 Å². The Morgan fingerprint density at radius 2 is 2.54 bits per heavy atom. The van der Waals surface area contributed by atoms with Gasteiger partial charge in [0.05, 0.1) is 19.1 Å². The third-order valence-electron chi connectivity index (χ3n) is 2.16. The number of rotatable bonds is 4. The second-order valence-electron chi connectivity index (χ2n) is 3.19. The van der Waals surface area contributed by atoms with E-state index in [2.05, 4.69) is 0 Å². The fraction of sp³-hybridized carbons (Fsp3) is 0.600. The Labute approximate surface area is 77.6 Å². The second-order valence-corrected chi connectivity index (χ2v) is 3.19. The minimum absolute atomic E-state index is 0.0342. The smallest absolute Gasteiger partial charge is 0.157 e. The van der Waals surface area contributed by atoms with Crippen molar-refractivity contribution in [1.29, 1.82) is 0 Å². The van der Waals surface area contributed by atoms with Crippen LogP contribution in [0.25, 0.3) is 0 Å². The monoisotopic (exact) mass is 182 g/mol. The van der Waals surface area contributed by atoms with Crippen molar-refractivity contribution >= 4 is 0 Å². The van der Waals surface area contributed by atoms with Gasteiger partial charge in [-0.15, -0.1) is 0 Å². The van der Waals surface area contributed by atoms with E-state index in [4.69, 9.17) is 13.9 Å². The van der Waals surface area contributed by atoms with E-state index in [-0.39, 0.29) is 6.29 Å². The van der Waals surface area contributed by atoms with Crippen molar-refractivity contribution in [2.75, 3.05) is 13.2 Å². The molecule has 2 heterocycles. The molecule has 0 aromatic carbocycles. The summed E-state index contributed by atoms with van der Waals surface area (Å²) in [4.78, 5) is 0. The summed E-state index contributed by atoms with van der Waals surface area (Å²) < 4.78 is 15.8. The van der Waals surface area contributed by atoms with Crippen molar-refractivity contribution < 1.29 is 13.9 Å². The molecule has 2 rings (SSSR count). The van der Waals surface area contributed by atoms with E-state index < -0.39 is 0 Å². The number of hydrogen-bond donors (Lipinski definition) is 0. The summed E-state index contributed by atoms with van der Waals surface area (Å²) in [6, 6.07) is 1.96. The predicted octanol–water partition coefficient (Wildman–Crippen LogP) is 1.98. The maximum Gasteiger partial charge on any atom is 0.157 e. The lowest BCUT2D eigenvalue weighted by molar-refractivity contribution is -0.109. The lowest BCUT2D eigenvalue weighted by atomic mass is 10.2. The Bertz CT molecular complexity index is 224. The average Bonchev–Trinajstić information content (AvgIpc) is 2.75. The van der Waals surface area contributed by atoms with Crippen molar-refractivity contribution in [3.8, 4) is 0 Å². The molecule has 1 saturated heterocycles. The van der Waals surface area contributed by atoms with E-state index in [9.17, 15) is 0 Å². The van der Waals surface area contributed by atoms with Crippen LogP contribution >= 0.6 is 0 Å². The SMILES string of the molecule is c1cc(CCOC2CCCO2)co1. The number of furan rings is 1. The molecule has 1 aromatic heterocycles. The molecule has 0 N–H and O–H groups in total. The van der Waals surface area contributed by atoms with Crippen molar-refractivity contribution in [1.82, 2.24) is 0 Å². The first kappa shape index (κ1) is 8.78. The lowest BCUT2D eigenvalue weighted by Gasteiger charge is -2.09. The van der Waals surface area contributed by atoms with Crippen LogP contribution in [-0.2, 0) is 15.9 Å². The summed E-state index contributed by atoms with van der Waals surface area (Å²) in [6.45, 7) is 1.56. The first-order chi connectivity index (χ1) is 6.45. The zero-order valence-electron chi connectivity index (χ0n) is 7.57. The molecule has 0 bridgehead atoms. The van der Waals surface area contributed by atoms with Gasteiger partial charge in [-0.2, -0.15) is 0 Å². The van der Waals surface area contributed by atoms with Crippen LogP contribution in [0.2, 0.25) is 0 Å². The fourth-order valence-corrected chi connectivity index (χ4v) is 1.42.